The van der Waals surface area contributed by atoms with Crippen LogP contribution in [0.25, 0.3) is 0 Å². The molecule has 1 aliphatic rings. The summed E-state index contributed by atoms with van der Waals surface area (Å²) >= 11 is 0. The summed E-state index contributed by atoms with van der Waals surface area (Å²) in [5.74, 6) is -0.184. The average molecular weight is 214 g/mol. The maximum Gasteiger partial charge on any atom is 0.323 e. The Morgan fingerprint density at radius 2 is 2.27 bits per heavy atom. The topological polar surface area (TPSA) is 52.6 Å². The smallest absolute Gasteiger partial charge is 0.323 e. The van der Waals surface area contributed by atoms with Crippen LogP contribution >= 0.6 is 0 Å². The van der Waals surface area contributed by atoms with E-state index in [1.165, 1.54) is 6.42 Å². The summed E-state index contributed by atoms with van der Waals surface area (Å²) in [5.41, 5.74) is -0.806. The van der Waals surface area contributed by atoms with Gasteiger partial charge in [0.05, 0.1) is 0 Å². The molecule has 1 aliphatic heterocycles. The van der Waals surface area contributed by atoms with Gasteiger partial charge in [-0.05, 0) is 39.3 Å². The van der Waals surface area contributed by atoms with Gasteiger partial charge in [-0.1, -0.05) is 6.92 Å². The van der Waals surface area contributed by atoms with E-state index in [1.54, 1.807) is 13.8 Å². The van der Waals surface area contributed by atoms with Crippen LogP contribution in [-0.2, 0) is 4.79 Å². The Kier molecular flexibility index (Phi) is 4.11. The van der Waals surface area contributed by atoms with Crippen molar-refractivity contribution in [2.45, 2.75) is 32.7 Å². The Bertz CT molecular complexity index is 229. The first-order chi connectivity index (χ1) is 6.95. The van der Waals surface area contributed by atoms with Crippen LogP contribution in [0.15, 0.2) is 0 Å². The maximum absolute atomic E-state index is 10.9. The summed E-state index contributed by atoms with van der Waals surface area (Å²) in [6.07, 6.45) is 1.18. The van der Waals surface area contributed by atoms with Crippen LogP contribution < -0.4 is 5.32 Å². The van der Waals surface area contributed by atoms with Crippen LogP contribution in [0.5, 0.6) is 0 Å². The number of nitrogens with zero attached hydrogens (tertiary/aromatic N) is 1. The van der Waals surface area contributed by atoms with E-state index in [-0.39, 0.29) is 0 Å². The molecule has 2 N–H and O–H groups in total. The zero-order valence-electron chi connectivity index (χ0n) is 9.92. The van der Waals surface area contributed by atoms with Crippen LogP contribution in [-0.4, -0.2) is 47.7 Å². The average Bonchev–Trinajstić information content (AvgIpc) is 2.62. The number of carboxylic acids is 1. The molecule has 15 heavy (non-hydrogen) atoms. The van der Waals surface area contributed by atoms with E-state index in [2.05, 4.69) is 17.1 Å². The molecule has 1 rings (SSSR count). The Balaban J connectivity index is 2.29. The molecule has 1 fully saturated rings. The number of hydrogen-bond donors (Lipinski definition) is 2. The van der Waals surface area contributed by atoms with Crippen molar-refractivity contribution in [2.24, 2.45) is 5.92 Å². The number of carbonyl (C=O) groups is 1. The molecule has 0 aromatic heterocycles. The van der Waals surface area contributed by atoms with Gasteiger partial charge in [-0.15, -0.1) is 0 Å². The van der Waals surface area contributed by atoms with E-state index >= 15 is 0 Å². The molecule has 4 nitrogen and oxygen atoms in total. The number of nitrogens with one attached hydrogen (secondary N) is 1. The molecule has 0 aromatic carbocycles. The molecule has 0 saturated carbocycles. The first kappa shape index (κ1) is 12.5. The van der Waals surface area contributed by atoms with Gasteiger partial charge in [0.15, 0.2) is 0 Å². The summed E-state index contributed by atoms with van der Waals surface area (Å²) in [7, 11) is 0. The first-order valence-electron chi connectivity index (χ1n) is 5.66. The highest BCUT2D eigenvalue weighted by atomic mass is 16.4. The summed E-state index contributed by atoms with van der Waals surface area (Å²) in [6.45, 7) is 9.73. The fourth-order valence-corrected chi connectivity index (χ4v) is 1.84. The lowest BCUT2D eigenvalue weighted by Gasteiger charge is -2.23. The third-order valence-corrected chi connectivity index (χ3v) is 3.18. The van der Waals surface area contributed by atoms with Gasteiger partial charge in [-0.2, -0.15) is 0 Å². The quantitative estimate of drug-likeness (QED) is 0.710. The lowest BCUT2D eigenvalue weighted by Crippen LogP contribution is -2.48. The molecule has 4 heteroatoms. The van der Waals surface area contributed by atoms with E-state index in [0.717, 1.165) is 26.2 Å². The summed E-state index contributed by atoms with van der Waals surface area (Å²) in [6, 6.07) is 0. The summed E-state index contributed by atoms with van der Waals surface area (Å²) < 4.78 is 0. The van der Waals surface area contributed by atoms with E-state index in [0.29, 0.717) is 5.92 Å². The molecule has 1 atom stereocenters. The third kappa shape index (κ3) is 3.47. The minimum Gasteiger partial charge on any atom is -0.480 e. The van der Waals surface area contributed by atoms with Gasteiger partial charge in [-0.25, -0.2) is 0 Å². The predicted molar refractivity (Wildman–Crippen MR) is 59.9 cm³/mol. The zero-order valence-corrected chi connectivity index (χ0v) is 9.92. The van der Waals surface area contributed by atoms with Gasteiger partial charge in [0.25, 0.3) is 0 Å². The van der Waals surface area contributed by atoms with E-state index < -0.39 is 11.5 Å². The predicted octanol–water partition coefficient (Wildman–Crippen LogP) is 0.781. The minimum atomic E-state index is -0.806. The molecule has 0 aromatic rings. The molecule has 88 valence electrons. The molecule has 1 heterocycles. The van der Waals surface area contributed by atoms with Crippen molar-refractivity contribution < 1.29 is 9.90 Å². The SMILES string of the molecule is CCN1CCC(CNC(C)(C)C(=O)O)C1. The van der Waals surface area contributed by atoms with Crippen molar-refractivity contribution in [3.05, 3.63) is 0 Å². The number of rotatable bonds is 5. The van der Waals surface area contributed by atoms with Gasteiger partial charge in [0.2, 0.25) is 0 Å². The molecule has 0 aliphatic carbocycles. The lowest BCUT2D eigenvalue weighted by molar-refractivity contribution is -0.143. The largest absolute Gasteiger partial charge is 0.480 e. The van der Waals surface area contributed by atoms with Crippen molar-refractivity contribution in [3.63, 3.8) is 0 Å². The molecular formula is C11H22N2O2. The molecule has 1 saturated heterocycles. The third-order valence-electron chi connectivity index (χ3n) is 3.18. The summed E-state index contributed by atoms with van der Waals surface area (Å²) in [4.78, 5) is 13.3. The molecule has 0 amide bonds. The molecule has 0 radical (unpaired) electrons. The number of likely N-dealkylation sites (tertiary alicyclic amines) is 1. The van der Waals surface area contributed by atoms with Crippen LogP contribution in [0.1, 0.15) is 27.2 Å². The molecule has 0 spiro atoms. The maximum atomic E-state index is 10.9. The van der Waals surface area contributed by atoms with Gasteiger partial charge >= 0.3 is 5.97 Å². The normalized spacial score (nSPS) is 23.3. The van der Waals surface area contributed by atoms with E-state index in [4.69, 9.17) is 5.11 Å². The highest BCUT2D eigenvalue weighted by Crippen LogP contribution is 2.15. The Labute approximate surface area is 91.6 Å². The van der Waals surface area contributed by atoms with Crippen LogP contribution in [0.3, 0.4) is 0 Å². The first-order valence-corrected chi connectivity index (χ1v) is 5.66. The monoisotopic (exact) mass is 214 g/mol. The number of carboxylic acid groups (broad SMARTS) is 1. The number of aliphatic carboxylic acids is 1. The van der Waals surface area contributed by atoms with Crippen LogP contribution in [0.4, 0.5) is 0 Å². The molecule has 0 bridgehead atoms. The Morgan fingerprint density at radius 3 is 2.73 bits per heavy atom. The fraction of sp³-hybridized carbons (Fsp3) is 0.909. The van der Waals surface area contributed by atoms with Crippen molar-refractivity contribution in [3.8, 4) is 0 Å². The van der Waals surface area contributed by atoms with Crippen LogP contribution in [0.2, 0.25) is 0 Å². The van der Waals surface area contributed by atoms with Crippen LogP contribution in [0, 0.1) is 5.92 Å². The lowest BCUT2D eigenvalue weighted by atomic mass is 10.0. The standard InChI is InChI=1S/C11H22N2O2/c1-4-13-6-5-9(8-13)7-12-11(2,3)10(14)15/h9,12H,4-8H2,1-3H3,(H,14,15). The highest BCUT2D eigenvalue weighted by Gasteiger charge is 2.29. The van der Waals surface area contributed by atoms with Gasteiger partial charge < -0.3 is 15.3 Å². The van der Waals surface area contributed by atoms with Gasteiger partial charge in [0, 0.05) is 13.1 Å². The van der Waals surface area contributed by atoms with Crippen molar-refractivity contribution in [1.82, 2.24) is 10.2 Å². The van der Waals surface area contributed by atoms with Crippen molar-refractivity contribution >= 4 is 5.97 Å². The van der Waals surface area contributed by atoms with Crippen molar-refractivity contribution in [1.29, 1.82) is 0 Å². The second-order valence-electron chi connectivity index (χ2n) is 4.86. The van der Waals surface area contributed by atoms with Gasteiger partial charge in [-0.3, -0.25) is 4.79 Å². The van der Waals surface area contributed by atoms with E-state index in [1.807, 2.05) is 0 Å². The second-order valence-corrected chi connectivity index (χ2v) is 4.86. The Morgan fingerprint density at radius 1 is 1.60 bits per heavy atom. The minimum absolute atomic E-state index is 0.601. The Hall–Kier alpha value is -0.610. The van der Waals surface area contributed by atoms with Gasteiger partial charge in [0.1, 0.15) is 5.54 Å². The second kappa shape index (κ2) is 4.94. The fourth-order valence-electron chi connectivity index (χ4n) is 1.84. The highest BCUT2D eigenvalue weighted by molar-refractivity contribution is 5.77. The number of hydrogen-bond acceptors (Lipinski definition) is 3. The molecule has 1 unspecified atom stereocenters. The zero-order chi connectivity index (χ0) is 11.5. The van der Waals surface area contributed by atoms with E-state index in [9.17, 15) is 4.79 Å². The van der Waals surface area contributed by atoms with Crippen molar-refractivity contribution in [2.75, 3.05) is 26.2 Å². The summed E-state index contributed by atoms with van der Waals surface area (Å²) in [5, 5.41) is 12.1. The molecular weight excluding hydrogens is 192 g/mol.